The molecule has 0 heterocycles. The van der Waals surface area contributed by atoms with E-state index in [-0.39, 0.29) is 52.9 Å². The van der Waals surface area contributed by atoms with Crippen molar-refractivity contribution in [1.29, 1.82) is 0 Å². The van der Waals surface area contributed by atoms with Crippen LogP contribution in [0.4, 0.5) is 0 Å². The van der Waals surface area contributed by atoms with Crippen LogP contribution in [-0.4, -0.2) is 22.2 Å². The molecule has 6 nitrogen and oxygen atoms in total. The zero-order valence-corrected chi connectivity index (χ0v) is 22.5. The zero-order valence-electron chi connectivity index (χ0n) is 19.5. The molecule has 0 aliphatic heterocycles. The van der Waals surface area contributed by atoms with Crippen LogP contribution in [0.25, 0.3) is 0 Å². The van der Waals surface area contributed by atoms with Gasteiger partial charge in [0.1, 0.15) is 0 Å². The van der Waals surface area contributed by atoms with Crippen molar-refractivity contribution in [3.8, 4) is 11.5 Å². The van der Waals surface area contributed by atoms with Gasteiger partial charge in [0.2, 0.25) is 0 Å². The van der Waals surface area contributed by atoms with E-state index in [1.165, 1.54) is 12.1 Å². The van der Waals surface area contributed by atoms with Crippen LogP contribution in [0.15, 0.2) is 24.3 Å². The first kappa shape index (κ1) is 28.6. The first-order chi connectivity index (χ1) is 13.5. The van der Waals surface area contributed by atoms with Crippen molar-refractivity contribution in [3.63, 3.8) is 0 Å². The van der Waals surface area contributed by atoms with Gasteiger partial charge in [-0.2, -0.15) is 0 Å². The fourth-order valence-electron chi connectivity index (χ4n) is 2.98. The van der Waals surface area contributed by atoms with Gasteiger partial charge in [0.05, 0.1) is 11.1 Å². The first-order valence-electron chi connectivity index (χ1n) is 9.57. The van der Waals surface area contributed by atoms with Gasteiger partial charge in [0, 0.05) is 0 Å². The van der Waals surface area contributed by atoms with Crippen LogP contribution in [0.2, 0.25) is 0 Å². The number of carbonyl (C=O) groups is 2. The second kappa shape index (κ2) is 10.3. The van der Waals surface area contributed by atoms with Gasteiger partial charge < -0.3 is 20.4 Å². The average Bonchev–Trinajstić information content (AvgIpc) is 2.56. The molecule has 2 aromatic rings. The molecule has 7 heteroatoms. The summed E-state index contributed by atoms with van der Waals surface area (Å²) in [7, 11) is 0. The van der Waals surface area contributed by atoms with Gasteiger partial charge in [0.15, 0.2) is 0 Å². The maximum absolute atomic E-state index is 11.8. The Labute approximate surface area is 196 Å². The summed E-state index contributed by atoms with van der Waals surface area (Å²) in [6.07, 6.45) is 0. The Kier molecular flexibility index (Phi) is 9.48. The molecule has 0 bridgehead atoms. The van der Waals surface area contributed by atoms with Gasteiger partial charge in [-0.1, -0.05) is 76.3 Å². The summed E-state index contributed by atoms with van der Waals surface area (Å²) in [4.78, 5) is 21.7. The summed E-state index contributed by atoms with van der Waals surface area (Å²) in [5, 5.41) is 41.4. The largest absolute Gasteiger partial charge is 2.00 e. The van der Waals surface area contributed by atoms with Crippen LogP contribution >= 0.6 is 0 Å². The van der Waals surface area contributed by atoms with Gasteiger partial charge in [-0.25, -0.2) is 9.59 Å². The molecule has 164 valence electrons. The maximum Gasteiger partial charge on any atom is 2.00 e. The predicted molar refractivity (Wildman–Crippen MR) is 113 cm³/mol. The first-order valence-corrected chi connectivity index (χ1v) is 9.57. The molecular formula is C24H30O6Zn. The van der Waals surface area contributed by atoms with Gasteiger partial charge in [-0.15, -0.1) is 0 Å². The van der Waals surface area contributed by atoms with Gasteiger partial charge in [-0.05, 0) is 47.9 Å². The second-order valence-corrected chi connectivity index (χ2v) is 9.49. The van der Waals surface area contributed by atoms with Crippen LogP contribution < -0.4 is 10.2 Å². The Morgan fingerprint density at radius 3 is 1.13 bits per heavy atom. The number of hydrogen-bond acceptors (Lipinski definition) is 4. The number of carboxylic acids is 2. The fourth-order valence-corrected chi connectivity index (χ4v) is 2.98. The molecule has 0 atom stereocenters. The van der Waals surface area contributed by atoms with Crippen LogP contribution in [-0.2, 0) is 30.3 Å². The van der Waals surface area contributed by atoms with Gasteiger partial charge in [-0.3, -0.25) is 0 Å². The summed E-state index contributed by atoms with van der Waals surface area (Å²) < 4.78 is 0. The minimum Gasteiger partial charge on any atom is -0.872 e. The number of benzene rings is 2. The molecule has 0 aliphatic carbocycles. The number of aryl methyl sites for hydroxylation is 2. The van der Waals surface area contributed by atoms with Crippen molar-refractivity contribution < 1.29 is 49.5 Å². The normalized spacial score (nSPS) is 11.1. The molecule has 0 fully saturated rings. The zero-order chi connectivity index (χ0) is 23.6. The summed E-state index contributed by atoms with van der Waals surface area (Å²) in [5.41, 5.74) is 1.79. The van der Waals surface area contributed by atoms with Crippen molar-refractivity contribution in [3.05, 3.63) is 57.6 Å². The molecule has 2 rings (SSSR count). The predicted octanol–water partition coefficient (Wildman–Crippen LogP) is 4.13. The molecule has 31 heavy (non-hydrogen) atoms. The Balaban J connectivity index is 0.000000562. The molecule has 0 saturated carbocycles. The minimum absolute atomic E-state index is 0. The van der Waals surface area contributed by atoms with Crippen molar-refractivity contribution in [2.45, 2.75) is 66.2 Å². The third-order valence-corrected chi connectivity index (χ3v) is 4.54. The molecule has 0 unspecified atom stereocenters. The van der Waals surface area contributed by atoms with Crippen LogP contribution in [0, 0.1) is 13.8 Å². The SMILES string of the molecule is Cc1cc(C(=O)O)c([O-])c(C(C)(C)C)c1.Cc1cc(C(=O)O)c([O-])c(C(C)(C)C)c1.[Zn+2]. The molecule has 0 aromatic heterocycles. The van der Waals surface area contributed by atoms with Gasteiger partial charge in [0.25, 0.3) is 0 Å². The van der Waals surface area contributed by atoms with E-state index < -0.39 is 11.9 Å². The van der Waals surface area contributed by atoms with E-state index in [9.17, 15) is 19.8 Å². The van der Waals surface area contributed by atoms with E-state index in [0.717, 1.165) is 11.1 Å². The van der Waals surface area contributed by atoms with E-state index in [0.29, 0.717) is 11.1 Å². The monoisotopic (exact) mass is 478 g/mol. The van der Waals surface area contributed by atoms with E-state index >= 15 is 0 Å². The molecule has 2 aromatic carbocycles. The number of rotatable bonds is 2. The molecule has 0 saturated heterocycles. The summed E-state index contributed by atoms with van der Waals surface area (Å²) >= 11 is 0. The Bertz CT molecular complexity index is 886. The van der Waals surface area contributed by atoms with Crippen molar-refractivity contribution in [2.75, 3.05) is 0 Å². The van der Waals surface area contributed by atoms with Crippen molar-refractivity contribution in [1.82, 2.24) is 0 Å². The molecule has 0 amide bonds. The number of carboxylic acid groups (broad SMARTS) is 2. The second-order valence-electron chi connectivity index (χ2n) is 9.49. The maximum atomic E-state index is 11.8. The number of hydrogen-bond donors (Lipinski definition) is 2. The third kappa shape index (κ3) is 7.35. The Hall–Kier alpha value is -2.40. The minimum atomic E-state index is -1.16. The Morgan fingerprint density at radius 2 is 0.935 bits per heavy atom. The van der Waals surface area contributed by atoms with Crippen LogP contribution in [0.5, 0.6) is 11.5 Å². The molecule has 0 radical (unpaired) electrons. The van der Waals surface area contributed by atoms with E-state index in [4.69, 9.17) is 10.2 Å². The van der Waals surface area contributed by atoms with Crippen LogP contribution in [0.1, 0.15) is 84.5 Å². The molecular weight excluding hydrogens is 450 g/mol. The topological polar surface area (TPSA) is 121 Å². The quantitative estimate of drug-likeness (QED) is 0.625. The van der Waals surface area contributed by atoms with E-state index in [1.807, 2.05) is 41.5 Å². The molecule has 2 N–H and O–H groups in total. The number of aromatic carboxylic acids is 2. The van der Waals surface area contributed by atoms with E-state index in [1.54, 1.807) is 26.0 Å². The van der Waals surface area contributed by atoms with Crippen molar-refractivity contribution >= 4 is 11.9 Å². The van der Waals surface area contributed by atoms with Crippen LogP contribution in [0.3, 0.4) is 0 Å². The third-order valence-electron chi connectivity index (χ3n) is 4.54. The Morgan fingerprint density at radius 1 is 0.677 bits per heavy atom. The summed E-state index contributed by atoms with van der Waals surface area (Å²) in [6, 6.07) is 6.35. The smallest absolute Gasteiger partial charge is 0.872 e. The molecule has 0 aliphatic rings. The fraction of sp³-hybridized carbons (Fsp3) is 0.417. The standard InChI is InChI=1S/2C12H16O3.Zn/c2*1-7-5-8(11(14)15)10(13)9(6-7)12(2,3)4;/h2*5-6,13H,1-4H3,(H,14,15);/q;;+2/p-2. The van der Waals surface area contributed by atoms with E-state index in [2.05, 4.69) is 0 Å². The van der Waals surface area contributed by atoms with Crippen molar-refractivity contribution in [2.24, 2.45) is 0 Å². The summed E-state index contributed by atoms with van der Waals surface area (Å²) in [6.45, 7) is 15.0. The van der Waals surface area contributed by atoms with Gasteiger partial charge >= 0.3 is 31.4 Å². The summed E-state index contributed by atoms with van der Waals surface area (Å²) in [5.74, 6) is -3.07. The average molecular weight is 480 g/mol. The molecule has 0 spiro atoms.